The minimum atomic E-state index is -1.79. The third-order valence-electron chi connectivity index (χ3n) is 15.0. The van der Waals surface area contributed by atoms with Crippen LogP contribution < -0.4 is 5.32 Å². The summed E-state index contributed by atoms with van der Waals surface area (Å²) in [5.74, 6) is -0.257. The second-order valence-corrected chi connectivity index (χ2v) is 21.8. The highest BCUT2D eigenvalue weighted by Crippen LogP contribution is 2.30. The van der Waals surface area contributed by atoms with Gasteiger partial charge in [-0.05, 0) is 57.8 Å². The largest absolute Gasteiger partial charge is 0.394 e. The maximum Gasteiger partial charge on any atom is 0.220 e. The molecule has 14 heteroatoms. The maximum atomic E-state index is 13.2. The number of amides is 1. The van der Waals surface area contributed by atoms with Gasteiger partial charge in [-0.25, -0.2) is 0 Å². The van der Waals surface area contributed by atoms with E-state index < -0.39 is 86.8 Å². The molecule has 0 aromatic carbocycles. The van der Waals surface area contributed by atoms with Gasteiger partial charge in [0.05, 0.1) is 32.0 Å². The van der Waals surface area contributed by atoms with Crippen LogP contribution in [-0.2, 0) is 23.7 Å². The number of allylic oxidation sites excluding steroid dienone is 5. The normalized spacial score (nSPS) is 25.3. The first-order valence-electron chi connectivity index (χ1n) is 30.7. The first-order valence-corrected chi connectivity index (χ1v) is 30.7. The standard InChI is InChI=1S/C61H113NO13/c1-3-5-7-9-11-13-15-17-19-20-21-22-23-24-25-26-27-28-29-30-31-32-34-36-38-40-42-44-50(65)49(62-53(66)45-43-41-39-37-35-33-18-16-14-12-10-8-6-4-2)48-72-60-58(71)56(69)59(52(47-64)74-60)75-61-57(70)55(68)54(67)51(46-63)73-61/h16,18,34,36,42,44,49-52,54-61,63-65,67-71H,3-15,17,19-33,35,37-41,43,45-48H2,1-2H3,(H,62,66)/b18-16-,36-34+,44-42+. The molecule has 0 aromatic rings. The Morgan fingerprint density at radius 1 is 0.467 bits per heavy atom. The lowest BCUT2D eigenvalue weighted by molar-refractivity contribution is -0.359. The Labute approximate surface area is 455 Å². The number of carbonyl (C=O) groups excluding carboxylic acids is 1. The summed E-state index contributed by atoms with van der Waals surface area (Å²) >= 11 is 0. The lowest BCUT2D eigenvalue weighted by Gasteiger charge is -2.46. The number of aliphatic hydroxyl groups excluding tert-OH is 8. The molecule has 9 N–H and O–H groups in total. The number of aliphatic hydroxyl groups is 8. The SMILES string of the molecule is CCCCCCC/C=C\CCCCCCCC(=O)NC(COC1OC(CO)C(OC2OC(CO)C(O)C(O)C2O)C(O)C1O)C(O)/C=C/CC/C=C/CCCCCCCCCCCCCCCCCCCCCCC. The number of rotatable bonds is 49. The molecule has 0 spiro atoms. The molecule has 0 aliphatic carbocycles. The van der Waals surface area contributed by atoms with Gasteiger partial charge in [-0.1, -0.05) is 224 Å². The summed E-state index contributed by atoms with van der Waals surface area (Å²) in [4.78, 5) is 13.2. The van der Waals surface area contributed by atoms with E-state index in [1.54, 1.807) is 6.08 Å². The van der Waals surface area contributed by atoms with Gasteiger partial charge in [0.1, 0.15) is 48.8 Å². The highest BCUT2D eigenvalue weighted by atomic mass is 16.7. The van der Waals surface area contributed by atoms with Crippen molar-refractivity contribution in [2.75, 3.05) is 19.8 Å². The van der Waals surface area contributed by atoms with E-state index in [2.05, 4.69) is 43.5 Å². The van der Waals surface area contributed by atoms with E-state index >= 15 is 0 Å². The monoisotopic (exact) mass is 1070 g/mol. The molecule has 2 saturated heterocycles. The maximum absolute atomic E-state index is 13.2. The number of ether oxygens (including phenoxy) is 4. The molecule has 2 heterocycles. The van der Waals surface area contributed by atoms with E-state index in [0.29, 0.717) is 12.8 Å². The second kappa shape index (κ2) is 47.1. The molecule has 12 unspecified atom stereocenters. The van der Waals surface area contributed by atoms with Crippen molar-refractivity contribution in [2.24, 2.45) is 0 Å². The fraction of sp³-hybridized carbons (Fsp3) is 0.885. The van der Waals surface area contributed by atoms with Crippen LogP contribution in [0, 0.1) is 0 Å². The van der Waals surface area contributed by atoms with Gasteiger partial charge in [0, 0.05) is 6.42 Å². The summed E-state index contributed by atoms with van der Waals surface area (Å²) in [6.45, 7) is 2.78. The average Bonchev–Trinajstić information content (AvgIpc) is 3.41. The zero-order valence-electron chi connectivity index (χ0n) is 47.3. The Morgan fingerprint density at radius 2 is 0.853 bits per heavy atom. The van der Waals surface area contributed by atoms with Crippen molar-refractivity contribution >= 4 is 5.91 Å². The van der Waals surface area contributed by atoms with Crippen LogP contribution in [0.15, 0.2) is 36.5 Å². The Balaban J connectivity index is 1.74. The van der Waals surface area contributed by atoms with Gasteiger partial charge in [-0.15, -0.1) is 0 Å². The number of hydrogen-bond donors (Lipinski definition) is 9. The number of nitrogens with one attached hydrogen (secondary N) is 1. The molecule has 2 fully saturated rings. The first-order chi connectivity index (χ1) is 36.6. The Bertz CT molecular complexity index is 1400. The summed E-state index contributed by atoms with van der Waals surface area (Å²) in [6.07, 6.45) is 40.6. The van der Waals surface area contributed by atoms with E-state index in [-0.39, 0.29) is 18.9 Å². The molecule has 0 bridgehead atoms. The average molecular weight is 1070 g/mol. The van der Waals surface area contributed by atoms with Crippen LogP contribution in [0.2, 0.25) is 0 Å². The molecular formula is C61H113NO13. The van der Waals surface area contributed by atoms with Crippen molar-refractivity contribution in [3.63, 3.8) is 0 Å². The predicted molar refractivity (Wildman–Crippen MR) is 300 cm³/mol. The summed E-state index contributed by atoms with van der Waals surface area (Å²) in [5.41, 5.74) is 0. The van der Waals surface area contributed by atoms with Crippen LogP contribution in [0.5, 0.6) is 0 Å². The zero-order valence-corrected chi connectivity index (χ0v) is 47.3. The Kier molecular flexibility index (Phi) is 43.5. The van der Waals surface area contributed by atoms with Gasteiger partial charge in [-0.2, -0.15) is 0 Å². The molecule has 440 valence electrons. The quantitative estimate of drug-likeness (QED) is 0.0204. The molecule has 2 aliphatic rings. The minimum absolute atomic E-state index is 0.257. The topological polar surface area (TPSA) is 228 Å². The second-order valence-electron chi connectivity index (χ2n) is 21.8. The van der Waals surface area contributed by atoms with Gasteiger partial charge < -0.3 is 65.1 Å². The lowest BCUT2D eigenvalue weighted by Crippen LogP contribution is -2.65. The van der Waals surface area contributed by atoms with Crippen molar-refractivity contribution in [2.45, 2.75) is 325 Å². The summed E-state index contributed by atoms with van der Waals surface area (Å²) in [7, 11) is 0. The molecule has 0 radical (unpaired) electrons. The van der Waals surface area contributed by atoms with Crippen molar-refractivity contribution < 1.29 is 64.6 Å². The minimum Gasteiger partial charge on any atom is -0.394 e. The number of hydrogen-bond acceptors (Lipinski definition) is 13. The fourth-order valence-electron chi connectivity index (χ4n) is 10.1. The molecule has 1 amide bonds. The molecule has 14 nitrogen and oxygen atoms in total. The highest BCUT2D eigenvalue weighted by molar-refractivity contribution is 5.76. The smallest absolute Gasteiger partial charge is 0.220 e. The van der Waals surface area contributed by atoms with Crippen molar-refractivity contribution in [3.8, 4) is 0 Å². The van der Waals surface area contributed by atoms with E-state index in [4.69, 9.17) is 18.9 Å². The van der Waals surface area contributed by atoms with Crippen LogP contribution in [0.25, 0.3) is 0 Å². The van der Waals surface area contributed by atoms with Gasteiger partial charge in [0.25, 0.3) is 0 Å². The summed E-state index contributed by atoms with van der Waals surface area (Å²) in [6, 6.07) is -0.935. The zero-order chi connectivity index (χ0) is 54.6. The van der Waals surface area contributed by atoms with Crippen LogP contribution in [0.3, 0.4) is 0 Å². The lowest BCUT2D eigenvalue weighted by atomic mass is 9.97. The molecule has 2 rings (SSSR count). The fourth-order valence-corrected chi connectivity index (χ4v) is 10.1. The van der Waals surface area contributed by atoms with Crippen molar-refractivity contribution in [3.05, 3.63) is 36.5 Å². The number of carbonyl (C=O) groups is 1. The third-order valence-corrected chi connectivity index (χ3v) is 15.0. The van der Waals surface area contributed by atoms with Crippen LogP contribution in [-0.4, -0.2) is 140 Å². The molecule has 2 aliphatic heterocycles. The van der Waals surface area contributed by atoms with E-state index in [0.717, 1.165) is 51.4 Å². The van der Waals surface area contributed by atoms with Gasteiger partial charge in [0.2, 0.25) is 5.91 Å². The van der Waals surface area contributed by atoms with E-state index in [1.807, 2.05) is 6.08 Å². The van der Waals surface area contributed by atoms with E-state index in [9.17, 15) is 45.6 Å². The van der Waals surface area contributed by atoms with Gasteiger partial charge in [0.15, 0.2) is 12.6 Å². The molecule has 12 atom stereocenters. The number of unbranched alkanes of at least 4 members (excludes halogenated alkanes) is 32. The van der Waals surface area contributed by atoms with Crippen LogP contribution in [0.1, 0.15) is 251 Å². The van der Waals surface area contributed by atoms with Crippen LogP contribution in [0.4, 0.5) is 0 Å². The molecule has 75 heavy (non-hydrogen) atoms. The molecule has 0 saturated carbocycles. The van der Waals surface area contributed by atoms with Crippen molar-refractivity contribution in [1.82, 2.24) is 5.32 Å². The van der Waals surface area contributed by atoms with Gasteiger partial charge in [-0.3, -0.25) is 4.79 Å². The van der Waals surface area contributed by atoms with Crippen LogP contribution >= 0.6 is 0 Å². The first kappa shape index (κ1) is 69.3. The molecular weight excluding hydrogens is 955 g/mol. The highest BCUT2D eigenvalue weighted by Gasteiger charge is 2.51. The predicted octanol–water partition coefficient (Wildman–Crippen LogP) is 10.6. The van der Waals surface area contributed by atoms with E-state index in [1.165, 1.54) is 167 Å². The van der Waals surface area contributed by atoms with Crippen molar-refractivity contribution in [1.29, 1.82) is 0 Å². The van der Waals surface area contributed by atoms with Gasteiger partial charge >= 0.3 is 0 Å². The Morgan fingerprint density at radius 3 is 1.31 bits per heavy atom. The third kappa shape index (κ3) is 32.8. The summed E-state index contributed by atoms with van der Waals surface area (Å²) in [5, 5.41) is 87.0. The summed E-state index contributed by atoms with van der Waals surface area (Å²) < 4.78 is 22.7. The Hall–Kier alpha value is -1.79. The molecule has 0 aromatic heterocycles.